The lowest BCUT2D eigenvalue weighted by Crippen LogP contribution is -2.58. The molecular formula is C10H19N3O4. The average Bonchev–Trinajstić information content (AvgIpc) is 2.22. The third kappa shape index (κ3) is 3.39. The van der Waals surface area contributed by atoms with E-state index in [0.29, 0.717) is 25.8 Å². The van der Waals surface area contributed by atoms with E-state index in [1.165, 1.54) is 0 Å². The van der Waals surface area contributed by atoms with E-state index in [9.17, 15) is 14.7 Å². The number of likely N-dealkylation sites (tertiary alicyclic amines) is 1. The van der Waals surface area contributed by atoms with Crippen molar-refractivity contribution in [3.8, 4) is 0 Å². The molecular weight excluding hydrogens is 226 g/mol. The first-order chi connectivity index (χ1) is 7.97. The molecule has 1 aliphatic rings. The maximum absolute atomic E-state index is 11.8. The molecule has 0 saturated carbocycles. The van der Waals surface area contributed by atoms with Gasteiger partial charge in [-0.2, -0.15) is 0 Å². The van der Waals surface area contributed by atoms with Crippen LogP contribution in [0, 0.1) is 0 Å². The van der Waals surface area contributed by atoms with Crippen LogP contribution >= 0.6 is 0 Å². The smallest absolute Gasteiger partial charge is 0.407 e. The molecule has 17 heavy (non-hydrogen) atoms. The number of ketones is 1. The fourth-order valence-corrected chi connectivity index (χ4v) is 1.79. The Balaban J connectivity index is 2.39. The number of rotatable bonds is 6. The molecule has 1 amide bonds. The summed E-state index contributed by atoms with van der Waals surface area (Å²) in [6, 6.07) is -1.35. The maximum Gasteiger partial charge on any atom is 0.407 e. The van der Waals surface area contributed by atoms with Crippen molar-refractivity contribution in [3.05, 3.63) is 0 Å². The van der Waals surface area contributed by atoms with E-state index in [1.54, 1.807) is 0 Å². The van der Waals surface area contributed by atoms with Crippen LogP contribution < -0.4 is 11.5 Å². The number of nitrogens with zero attached hydrogens (tertiary/aromatic N) is 1. The van der Waals surface area contributed by atoms with E-state index in [1.807, 2.05) is 0 Å². The van der Waals surface area contributed by atoms with E-state index in [2.05, 4.69) is 0 Å². The van der Waals surface area contributed by atoms with Crippen molar-refractivity contribution < 1.29 is 19.8 Å². The summed E-state index contributed by atoms with van der Waals surface area (Å²) >= 11 is 0. The fraction of sp³-hybridized carbons (Fsp3) is 0.800. The predicted molar refractivity (Wildman–Crippen MR) is 60.4 cm³/mol. The van der Waals surface area contributed by atoms with Gasteiger partial charge in [0.25, 0.3) is 0 Å². The number of hydrogen-bond donors (Lipinski definition) is 4. The topological polar surface area (TPSA) is 130 Å². The minimum atomic E-state index is -1.09. The fourth-order valence-electron chi connectivity index (χ4n) is 1.79. The summed E-state index contributed by atoms with van der Waals surface area (Å²) in [5.41, 5.74) is 10.9. The molecule has 98 valence electrons. The number of Topliss-reactive ketones (excluding diaryl/α,β-unsaturated/α-hetero) is 1. The van der Waals surface area contributed by atoms with Crippen molar-refractivity contribution in [1.82, 2.24) is 4.90 Å². The largest absolute Gasteiger partial charge is 0.465 e. The first-order valence-electron chi connectivity index (χ1n) is 5.64. The van der Waals surface area contributed by atoms with Gasteiger partial charge in [-0.15, -0.1) is 0 Å². The molecule has 0 aromatic rings. The second-order valence-corrected chi connectivity index (χ2v) is 4.26. The Kier molecular flexibility index (Phi) is 4.86. The zero-order valence-electron chi connectivity index (χ0n) is 9.58. The summed E-state index contributed by atoms with van der Waals surface area (Å²) in [5, 5.41) is 18.0. The van der Waals surface area contributed by atoms with Gasteiger partial charge in [0, 0.05) is 13.1 Å². The Hall–Kier alpha value is -1.18. The number of carbonyl (C=O) groups is 2. The van der Waals surface area contributed by atoms with Crippen LogP contribution in [0.1, 0.15) is 19.3 Å². The van der Waals surface area contributed by atoms with Crippen molar-refractivity contribution in [2.24, 2.45) is 11.5 Å². The molecule has 1 aliphatic heterocycles. The van der Waals surface area contributed by atoms with Crippen LogP contribution in [0.2, 0.25) is 0 Å². The summed E-state index contributed by atoms with van der Waals surface area (Å²) in [6.45, 7) is 0.509. The van der Waals surface area contributed by atoms with Gasteiger partial charge < -0.3 is 21.7 Å². The number of amides is 1. The van der Waals surface area contributed by atoms with E-state index < -0.39 is 24.3 Å². The first-order valence-corrected chi connectivity index (χ1v) is 5.64. The Morgan fingerprint density at radius 1 is 1.41 bits per heavy atom. The Morgan fingerprint density at radius 3 is 2.47 bits per heavy atom. The summed E-state index contributed by atoms with van der Waals surface area (Å²) in [5.74, 6) is -0.275. The van der Waals surface area contributed by atoms with Crippen LogP contribution in [0.4, 0.5) is 4.79 Å². The minimum absolute atomic E-state index is 0.131. The SMILES string of the molecule is NC[C@H](O)CC[C@H](N)C(=O)C1CCN1C(=O)O. The molecule has 3 atom stereocenters. The van der Waals surface area contributed by atoms with Crippen molar-refractivity contribution in [1.29, 1.82) is 0 Å². The van der Waals surface area contributed by atoms with Crippen molar-refractivity contribution in [3.63, 3.8) is 0 Å². The molecule has 1 fully saturated rings. The number of nitrogens with two attached hydrogens (primary N) is 2. The highest BCUT2D eigenvalue weighted by molar-refractivity contribution is 5.92. The van der Waals surface area contributed by atoms with E-state index in [0.717, 1.165) is 4.90 Å². The van der Waals surface area contributed by atoms with Gasteiger partial charge in [0.05, 0.1) is 18.2 Å². The molecule has 0 radical (unpaired) electrons. The van der Waals surface area contributed by atoms with Crippen LogP contribution in [-0.4, -0.2) is 58.3 Å². The number of aliphatic hydroxyl groups is 1. The molecule has 0 aliphatic carbocycles. The third-order valence-electron chi connectivity index (χ3n) is 3.04. The molecule has 0 bridgehead atoms. The zero-order chi connectivity index (χ0) is 13.0. The molecule has 7 heteroatoms. The lowest BCUT2D eigenvalue weighted by Gasteiger charge is -2.38. The maximum atomic E-state index is 11.8. The van der Waals surface area contributed by atoms with Gasteiger partial charge >= 0.3 is 6.09 Å². The molecule has 0 aromatic carbocycles. The molecule has 6 N–H and O–H groups in total. The number of carboxylic acid groups (broad SMARTS) is 1. The Morgan fingerprint density at radius 2 is 2.06 bits per heavy atom. The monoisotopic (exact) mass is 245 g/mol. The molecule has 1 unspecified atom stereocenters. The van der Waals surface area contributed by atoms with Gasteiger partial charge in [-0.25, -0.2) is 4.79 Å². The summed E-state index contributed by atoms with van der Waals surface area (Å²) in [6.07, 6.45) is -0.558. The highest BCUT2D eigenvalue weighted by Crippen LogP contribution is 2.20. The van der Waals surface area contributed by atoms with Crippen molar-refractivity contribution in [2.75, 3.05) is 13.1 Å². The molecule has 0 aromatic heterocycles. The predicted octanol–water partition coefficient (Wildman–Crippen LogP) is -1.27. The van der Waals surface area contributed by atoms with Gasteiger partial charge in [0.1, 0.15) is 0 Å². The summed E-state index contributed by atoms with van der Waals surface area (Å²) < 4.78 is 0. The Bertz CT molecular complexity index is 297. The third-order valence-corrected chi connectivity index (χ3v) is 3.04. The zero-order valence-corrected chi connectivity index (χ0v) is 9.58. The molecule has 0 spiro atoms. The minimum Gasteiger partial charge on any atom is -0.465 e. The molecule has 1 saturated heterocycles. The normalized spacial score (nSPS) is 22.8. The second kappa shape index (κ2) is 5.95. The van der Waals surface area contributed by atoms with E-state index in [4.69, 9.17) is 16.6 Å². The first kappa shape index (κ1) is 13.9. The number of carbonyl (C=O) groups excluding carboxylic acids is 1. The highest BCUT2D eigenvalue weighted by Gasteiger charge is 2.39. The van der Waals surface area contributed by atoms with Crippen LogP contribution in [0.25, 0.3) is 0 Å². The highest BCUT2D eigenvalue weighted by atomic mass is 16.4. The van der Waals surface area contributed by atoms with Crippen LogP contribution in [-0.2, 0) is 4.79 Å². The summed E-state index contributed by atoms with van der Waals surface area (Å²) in [7, 11) is 0. The Labute approximate surface area is 99.4 Å². The standard InChI is InChI=1S/C10H19N3O4/c11-5-6(14)1-2-7(12)9(15)8-3-4-13(8)10(16)17/h6-8,14H,1-5,11-12H2,(H,16,17)/t6-,7+,8?/m1/s1. The lowest BCUT2D eigenvalue weighted by molar-refractivity contribution is -0.128. The van der Waals surface area contributed by atoms with Crippen LogP contribution in [0.15, 0.2) is 0 Å². The second-order valence-electron chi connectivity index (χ2n) is 4.26. The van der Waals surface area contributed by atoms with Crippen LogP contribution in [0.5, 0.6) is 0 Å². The molecule has 1 rings (SSSR count). The van der Waals surface area contributed by atoms with Crippen LogP contribution in [0.3, 0.4) is 0 Å². The lowest BCUT2D eigenvalue weighted by atomic mass is 9.92. The quantitative estimate of drug-likeness (QED) is 0.462. The average molecular weight is 245 g/mol. The van der Waals surface area contributed by atoms with Gasteiger partial charge in [0.15, 0.2) is 5.78 Å². The van der Waals surface area contributed by atoms with Gasteiger partial charge in [-0.3, -0.25) is 9.69 Å². The summed E-state index contributed by atoms with van der Waals surface area (Å²) in [4.78, 5) is 23.6. The van der Waals surface area contributed by atoms with Crippen molar-refractivity contribution in [2.45, 2.75) is 37.5 Å². The number of aliphatic hydroxyl groups excluding tert-OH is 1. The van der Waals surface area contributed by atoms with Gasteiger partial charge in [-0.1, -0.05) is 0 Å². The van der Waals surface area contributed by atoms with Gasteiger partial charge in [-0.05, 0) is 19.3 Å². The molecule has 7 nitrogen and oxygen atoms in total. The van der Waals surface area contributed by atoms with E-state index in [-0.39, 0.29) is 12.3 Å². The number of hydrogen-bond acceptors (Lipinski definition) is 5. The molecule has 1 heterocycles. The van der Waals surface area contributed by atoms with E-state index >= 15 is 0 Å². The van der Waals surface area contributed by atoms with Crippen molar-refractivity contribution >= 4 is 11.9 Å². The van der Waals surface area contributed by atoms with Gasteiger partial charge in [0.2, 0.25) is 0 Å².